The molecule has 2 unspecified atom stereocenters. The Morgan fingerprint density at radius 2 is 1.94 bits per heavy atom. The lowest BCUT2D eigenvalue weighted by Crippen LogP contribution is -2.29. The summed E-state index contributed by atoms with van der Waals surface area (Å²) in [5.74, 6) is 2.47. The molecule has 11 nitrogen and oxygen atoms in total. The molecule has 0 radical (unpaired) electrons. The van der Waals surface area contributed by atoms with Crippen LogP contribution in [0.4, 0.5) is 21.7 Å². The number of nitrogens with one attached hydrogen (secondary N) is 2. The molecule has 5 aromatic rings. The highest BCUT2D eigenvalue weighted by Crippen LogP contribution is 2.47. The summed E-state index contributed by atoms with van der Waals surface area (Å²) >= 11 is 0. The number of halogens is 1. The van der Waals surface area contributed by atoms with E-state index in [0.29, 0.717) is 62.8 Å². The van der Waals surface area contributed by atoms with E-state index in [0.717, 1.165) is 24.0 Å². The van der Waals surface area contributed by atoms with Crippen molar-refractivity contribution in [3.8, 4) is 11.8 Å². The second-order valence-corrected chi connectivity index (χ2v) is 9.41. The number of nitrogens with zero attached hydrogens (tertiary/aromatic N) is 6. The van der Waals surface area contributed by atoms with E-state index < -0.39 is 0 Å². The zero-order valence-corrected chi connectivity index (χ0v) is 19.6. The molecule has 1 saturated carbocycles. The summed E-state index contributed by atoms with van der Waals surface area (Å²) in [7, 11) is 1.75. The number of nitrogen functional groups attached to an aromatic ring is 1. The number of rotatable bonds is 4. The molecule has 1 aliphatic carbocycles. The van der Waals surface area contributed by atoms with E-state index in [1.165, 1.54) is 18.3 Å². The highest BCUT2D eigenvalue weighted by molar-refractivity contribution is 6.14. The maximum Gasteiger partial charge on any atom is 0.326 e. The van der Waals surface area contributed by atoms with Crippen molar-refractivity contribution >= 4 is 50.3 Å². The SMILES string of the molecule is CNc1cc(F)cc2c1[nH]c1nc(Oc3cnc4c(N)nc(C)nc4c3)nc(N3CC4C(N)C4C3)c12. The average molecular weight is 487 g/mol. The van der Waals surface area contributed by atoms with Crippen LogP contribution in [0.25, 0.3) is 33.0 Å². The van der Waals surface area contributed by atoms with Crippen molar-refractivity contribution < 1.29 is 9.13 Å². The topological polar surface area (TPSA) is 157 Å². The number of hydrogen-bond acceptors (Lipinski definition) is 10. The van der Waals surface area contributed by atoms with E-state index in [1.807, 2.05) is 0 Å². The third kappa shape index (κ3) is 3.10. The number of ether oxygens (including phenoxy) is 1. The molecular weight excluding hydrogens is 463 g/mol. The Morgan fingerprint density at radius 1 is 1.14 bits per heavy atom. The molecule has 6 N–H and O–H groups in total. The lowest BCUT2D eigenvalue weighted by atomic mass is 10.1. The van der Waals surface area contributed by atoms with Crippen LogP contribution >= 0.6 is 0 Å². The molecule has 0 amide bonds. The Balaban J connectivity index is 1.37. The number of piperidine rings is 1. The van der Waals surface area contributed by atoms with Crippen molar-refractivity contribution in [2.75, 3.05) is 36.1 Å². The van der Waals surface area contributed by atoms with Gasteiger partial charge in [-0.15, -0.1) is 0 Å². The first-order valence-corrected chi connectivity index (χ1v) is 11.7. The summed E-state index contributed by atoms with van der Waals surface area (Å²) in [5.41, 5.74) is 15.1. The zero-order chi connectivity index (χ0) is 24.7. The molecule has 2 aliphatic rings. The Labute approximate surface area is 204 Å². The van der Waals surface area contributed by atoms with Gasteiger partial charge >= 0.3 is 6.01 Å². The van der Waals surface area contributed by atoms with Crippen LogP contribution in [0.1, 0.15) is 5.82 Å². The minimum absolute atomic E-state index is 0.139. The minimum atomic E-state index is -0.343. The number of aromatic amines is 1. The molecular formula is C24H23FN10O. The number of benzene rings is 1. The van der Waals surface area contributed by atoms with E-state index in [9.17, 15) is 4.39 Å². The molecule has 182 valence electrons. The highest BCUT2D eigenvalue weighted by Gasteiger charge is 2.54. The van der Waals surface area contributed by atoms with Crippen LogP contribution in [0.2, 0.25) is 0 Å². The maximum atomic E-state index is 14.5. The minimum Gasteiger partial charge on any atom is -0.422 e. The fourth-order valence-electron chi connectivity index (χ4n) is 5.35. The summed E-state index contributed by atoms with van der Waals surface area (Å²) in [5, 5.41) is 4.50. The van der Waals surface area contributed by atoms with Crippen LogP contribution in [-0.2, 0) is 0 Å². The van der Waals surface area contributed by atoms with Gasteiger partial charge in [0.2, 0.25) is 0 Å². The molecule has 1 aromatic carbocycles. The quantitative estimate of drug-likeness (QED) is 0.298. The van der Waals surface area contributed by atoms with Crippen LogP contribution in [0.5, 0.6) is 11.8 Å². The lowest BCUT2D eigenvalue weighted by molar-refractivity contribution is 0.442. The van der Waals surface area contributed by atoms with Crippen LogP contribution in [0.3, 0.4) is 0 Å². The Morgan fingerprint density at radius 3 is 2.72 bits per heavy atom. The Kier molecular flexibility index (Phi) is 4.28. The molecule has 2 atom stereocenters. The Hall–Kier alpha value is -4.32. The summed E-state index contributed by atoms with van der Waals surface area (Å²) in [4.78, 5) is 27.8. The third-order valence-corrected chi connectivity index (χ3v) is 7.17. The number of nitrogens with two attached hydrogens (primary N) is 2. The second kappa shape index (κ2) is 7.34. The monoisotopic (exact) mass is 486 g/mol. The first-order chi connectivity index (χ1) is 17.4. The molecule has 2 fully saturated rings. The van der Waals surface area contributed by atoms with Gasteiger partial charge in [-0.05, 0) is 30.9 Å². The van der Waals surface area contributed by atoms with Gasteiger partial charge in [-0.2, -0.15) is 9.97 Å². The van der Waals surface area contributed by atoms with Gasteiger partial charge in [-0.25, -0.2) is 19.3 Å². The van der Waals surface area contributed by atoms with Crippen molar-refractivity contribution in [3.05, 3.63) is 36.0 Å². The zero-order valence-electron chi connectivity index (χ0n) is 19.6. The van der Waals surface area contributed by atoms with Crippen molar-refractivity contribution in [2.45, 2.75) is 13.0 Å². The smallest absolute Gasteiger partial charge is 0.326 e. The number of aromatic nitrogens is 6. The standard InChI is InChI=1S/C24H23FN10O/c1-9-30-16-5-11(6-29-20(16)21(27)31-9)36-24-33-22-17(12-3-10(25)4-15(28-2)19(12)32-22)23(34-24)35-7-13-14(8-35)18(13)26/h3-6,13-14,18,28H,7-8,26H2,1-2H3,(H2,27,30,31)(H,32,33,34). The van der Waals surface area contributed by atoms with Gasteiger partial charge in [0, 0.05) is 37.6 Å². The first-order valence-electron chi connectivity index (χ1n) is 11.7. The fraction of sp³-hybridized carbons (Fsp3) is 0.292. The van der Waals surface area contributed by atoms with Crippen molar-refractivity contribution in [1.29, 1.82) is 0 Å². The van der Waals surface area contributed by atoms with E-state index >= 15 is 0 Å². The number of fused-ring (bicyclic) bond motifs is 5. The van der Waals surface area contributed by atoms with Crippen LogP contribution in [0.15, 0.2) is 24.4 Å². The van der Waals surface area contributed by atoms with Gasteiger partial charge in [-0.1, -0.05) is 0 Å². The Bertz CT molecular complexity index is 1690. The summed E-state index contributed by atoms with van der Waals surface area (Å²) in [6, 6.07) is 5.05. The van der Waals surface area contributed by atoms with Crippen molar-refractivity contribution in [1.82, 2.24) is 29.9 Å². The first kappa shape index (κ1) is 21.0. The molecule has 4 aromatic heterocycles. The average Bonchev–Trinajstić information content (AvgIpc) is 3.17. The molecule has 0 spiro atoms. The molecule has 12 heteroatoms. The molecule has 36 heavy (non-hydrogen) atoms. The van der Waals surface area contributed by atoms with Crippen LogP contribution < -0.4 is 26.4 Å². The van der Waals surface area contributed by atoms with Crippen molar-refractivity contribution in [3.63, 3.8) is 0 Å². The molecule has 1 aliphatic heterocycles. The third-order valence-electron chi connectivity index (χ3n) is 7.17. The second-order valence-electron chi connectivity index (χ2n) is 9.41. The normalized spacial score (nSPS) is 20.9. The van der Waals surface area contributed by atoms with Crippen LogP contribution in [-0.4, -0.2) is 56.1 Å². The predicted octanol–water partition coefficient (Wildman–Crippen LogP) is 2.71. The van der Waals surface area contributed by atoms with Gasteiger partial charge in [0.25, 0.3) is 0 Å². The number of anilines is 3. The highest BCUT2D eigenvalue weighted by atomic mass is 19.1. The molecule has 5 heterocycles. The van der Waals surface area contributed by atoms with Crippen LogP contribution in [0, 0.1) is 24.6 Å². The molecule has 7 rings (SSSR count). The van der Waals surface area contributed by atoms with E-state index in [1.54, 1.807) is 20.0 Å². The van der Waals surface area contributed by atoms with Gasteiger partial charge < -0.3 is 31.4 Å². The van der Waals surface area contributed by atoms with E-state index in [-0.39, 0.29) is 17.9 Å². The summed E-state index contributed by atoms with van der Waals surface area (Å²) in [6.07, 6.45) is 1.54. The number of H-pyrrole nitrogens is 1. The largest absolute Gasteiger partial charge is 0.422 e. The van der Waals surface area contributed by atoms with Gasteiger partial charge in [-0.3, -0.25) is 0 Å². The number of aryl methyl sites for hydroxylation is 1. The lowest BCUT2D eigenvalue weighted by Gasteiger charge is -2.21. The summed E-state index contributed by atoms with van der Waals surface area (Å²) < 4.78 is 20.6. The molecule has 1 saturated heterocycles. The number of pyridine rings is 1. The molecule has 0 bridgehead atoms. The number of hydrogen-bond donors (Lipinski definition) is 4. The van der Waals surface area contributed by atoms with E-state index in [4.69, 9.17) is 21.2 Å². The van der Waals surface area contributed by atoms with Gasteiger partial charge in [0.05, 0.1) is 28.3 Å². The van der Waals surface area contributed by atoms with Gasteiger partial charge in [0.15, 0.2) is 11.6 Å². The fourth-order valence-corrected chi connectivity index (χ4v) is 5.35. The predicted molar refractivity (Wildman–Crippen MR) is 135 cm³/mol. The van der Waals surface area contributed by atoms with E-state index in [2.05, 4.69) is 35.1 Å². The van der Waals surface area contributed by atoms with Crippen molar-refractivity contribution in [2.24, 2.45) is 17.6 Å². The maximum absolute atomic E-state index is 14.5. The van der Waals surface area contributed by atoms with Gasteiger partial charge in [0.1, 0.15) is 28.6 Å². The summed E-state index contributed by atoms with van der Waals surface area (Å²) in [6.45, 7) is 3.33.